The van der Waals surface area contributed by atoms with Gasteiger partial charge in [0.15, 0.2) is 0 Å². The van der Waals surface area contributed by atoms with Gasteiger partial charge in [0.05, 0.1) is 30.6 Å². The van der Waals surface area contributed by atoms with Crippen molar-refractivity contribution >= 4 is 17.8 Å². The van der Waals surface area contributed by atoms with Gasteiger partial charge in [-0.05, 0) is 71.7 Å². The van der Waals surface area contributed by atoms with Crippen LogP contribution in [0.15, 0.2) is 18.2 Å². The lowest BCUT2D eigenvalue weighted by Crippen LogP contribution is -2.48. The largest absolute Gasteiger partial charge is 0.497 e. The molecule has 0 radical (unpaired) electrons. The highest BCUT2D eigenvalue weighted by Gasteiger charge is 2.36. The fourth-order valence-electron chi connectivity index (χ4n) is 3.14. The Bertz CT molecular complexity index is 803. The Morgan fingerprint density at radius 3 is 2.17 bits per heavy atom. The van der Waals surface area contributed by atoms with Crippen molar-refractivity contribution in [3.05, 3.63) is 29.3 Å². The highest BCUT2D eigenvalue weighted by Crippen LogP contribution is 2.34. The van der Waals surface area contributed by atoms with Crippen LogP contribution in [-0.4, -0.2) is 44.2 Å². The molecule has 2 rings (SSSR count). The zero-order chi connectivity index (χ0) is 22.7. The maximum atomic E-state index is 12.6. The lowest BCUT2D eigenvalue weighted by atomic mass is 9.82. The summed E-state index contributed by atoms with van der Waals surface area (Å²) < 4.78 is 16.3. The van der Waals surface area contributed by atoms with Gasteiger partial charge in [0.2, 0.25) is 0 Å². The minimum absolute atomic E-state index is 0.0381. The van der Waals surface area contributed by atoms with Crippen LogP contribution in [0, 0.1) is 10.8 Å². The SMILES string of the molecule is COc1ccc2c(c1)[C@@H](CCOC(=O)C(C)(C)C)[C@H](COC(=O)C(C)(C)C)NC2=O. The van der Waals surface area contributed by atoms with Crippen molar-refractivity contribution in [2.75, 3.05) is 20.3 Å². The third-order valence-electron chi connectivity index (χ3n) is 4.99. The van der Waals surface area contributed by atoms with Crippen molar-refractivity contribution in [3.63, 3.8) is 0 Å². The number of methoxy groups -OCH3 is 1. The normalized spacial score (nSPS) is 18.8. The van der Waals surface area contributed by atoms with E-state index in [9.17, 15) is 14.4 Å². The number of amides is 1. The molecule has 166 valence electrons. The number of carbonyl (C=O) groups excluding carboxylic acids is 3. The fraction of sp³-hybridized carbons (Fsp3) is 0.609. The van der Waals surface area contributed by atoms with E-state index in [0.717, 1.165) is 5.56 Å². The van der Waals surface area contributed by atoms with Crippen LogP contribution in [0.2, 0.25) is 0 Å². The number of benzene rings is 1. The van der Waals surface area contributed by atoms with Crippen LogP contribution in [-0.2, 0) is 19.1 Å². The van der Waals surface area contributed by atoms with Crippen molar-refractivity contribution in [1.29, 1.82) is 0 Å². The summed E-state index contributed by atoms with van der Waals surface area (Å²) in [5.74, 6) is -0.429. The fourth-order valence-corrected chi connectivity index (χ4v) is 3.14. The van der Waals surface area contributed by atoms with E-state index in [2.05, 4.69) is 5.32 Å². The molecule has 1 amide bonds. The summed E-state index contributed by atoms with van der Waals surface area (Å²) in [6.07, 6.45) is 0.472. The van der Waals surface area contributed by atoms with Crippen molar-refractivity contribution in [3.8, 4) is 5.75 Å². The number of hydrogen-bond donors (Lipinski definition) is 1. The summed E-state index contributed by atoms with van der Waals surface area (Å²) in [5, 5.41) is 2.94. The Balaban J connectivity index is 2.24. The Morgan fingerprint density at radius 2 is 1.60 bits per heavy atom. The first-order chi connectivity index (χ1) is 13.8. The molecule has 1 heterocycles. The molecule has 1 aromatic rings. The maximum Gasteiger partial charge on any atom is 0.311 e. The topological polar surface area (TPSA) is 90.9 Å². The van der Waals surface area contributed by atoms with Gasteiger partial charge in [0.25, 0.3) is 5.91 Å². The summed E-state index contributed by atoms with van der Waals surface area (Å²) in [4.78, 5) is 37.0. The van der Waals surface area contributed by atoms with Gasteiger partial charge in [-0.15, -0.1) is 0 Å². The predicted octanol–water partition coefficient (Wildman–Crippen LogP) is 3.46. The van der Waals surface area contributed by atoms with E-state index in [1.165, 1.54) is 0 Å². The molecule has 0 fully saturated rings. The van der Waals surface area contributed by atoms with E-state index in [-0.39, 0.29) is 37.0 Å². The summed E-state index contributed by atoms with van der Waals surface area (Å²) in [6, 6.07) is 4.84. The number of hydrogen-bond acceptors (Lipinski definition) is 6. The second kappa shape index (κ2) is 9.06. The van der Waals surface area contributed by atoms with E-state index in [0.29, 0.717) is 17.7 Å². The standard InChI is InChI=1S/C23H33NO6/c1-22(2,3)20(26)29-11-10-15-17-12-14(28-7)8-9-16(17)19(25)24-18(15)13-30-21(27)23(4,5)6/h8-9,12,15,18H,10-11,13H2,1-7H3,(H,24,25)/t15-,18+/m1/s1. The van der Waals surface area contributed by atoms with Crippen LogP contribution < -0.4 is 10.1 Å². The molecule has 1 aliphatic rings. The van der Waals surface area contributed by atoms with Gasteiger partial charge in [-0.25, -0.2) is 0 Å². The van der Waals surface area contributed by atoms with Crippen LogP contribution in [0.4, 0.5) is 0 Å². The number of nitrogens with one attached hydrogen (secondary N) is 1. The first-order valence-electron chi connectivity index (χ1n) is 10.2. The average molecular weight is 420 g/mol. The van der Waals surface area contributed by atoms with E-state index in [4.69, 9.17) is 14.2 Å². The van der Waals surface area contributed by atoms with Crippen molar-refractivity contribution in [2.45, 2.75) is 59.9 Å². The summed E-state index contributed by atoms with van der Waals surface area (Å²) in [5.41, 5.74) is 0.101. The third-order valence-corrected chi connectivity index (χ3v) is 4.99. The molecule has 30 heavy (non-hydrogen) atoms. The molecule has 0 spiro atoms. The smallest absolute Gasteiger partial charge is 0.311 e. The zero-order valence-corrected chi connectivity index (χ0v) is 19.0. The second-order valence-electron chi connectivity index (χ2n) is 9.66. The first kappa shape index (κ1) is 23.7. The first-order valence-corrected chi connectivity index (χ1v) is 10.2. The molecule has 0 bridgehead atoms. The van der Waals surface area contributed by atoms with Crippen LogP contribution >= 0.6 is 0 Å². The molecule has 0 aliphatic carbocycles. The Kier molecular flexibility index (Phi) is 7.16. The Hall–Kier alpha value is -2.57. The minimum Gasteiger partial charge on any atom is -0.497 e. The predicted molar refractivity (Wildman–Crippen MR) is 112 cm³/mol. The van der Waals surface area contributed by atoms with Gasteiger partial charge in [-0.2, -0.15) is 0 Å². The lowest BCUT2D eigenvalue weighted by molar-refractivity contribution is -0.153. The van der Waals surface area contributed by atoms with Crippen LogP contribution in [0.3, 0.4) is 0 Å². The van der Waals surface area contributed by atoms with E-state index in [1.807, 2.05) is 6.07 Å². The number of esters is 2. The number of rotatable bonds is 6. The van der Waals surface area contributed by atoms with Crippen molar-refractivity contribution in [1.82, 2.24) is 5.32 Å². The van der Waals surface area contributed by atoms with Gasteiger partial charge >= 0.3 is 11.9 Å². The van der Waals surface area contributed by atoms with Crippen molar-refractivity contribution in [2.24, 2.45) is 10.8 Å². The highest BCUT2D eigenvalue weighted by atomic mass is 16.5. The van der Waals surface area contributed by atoms with E-state index >= 15 is 0 Å². The molecule has 7 nitrogen and oxygen atoms in total. The average Bonchev–Trinajstić information content (AvgIpc) is 2.65. The van der Waals surface area contributed by atoms with Gasteiger partial charge in [-0.1, -0.05) is 0 Å². The quantitative estimate of drug-likeness (QED) is 0.710. The van der Waals surface area contributed by atoms with Gasteiger partial charge < -0.3 is 19.5 Å². The maximum absolute atomic E-state index is 12.6. The highest BCUT2D eigenvalue weighted by molar-refractivity contribution is 5.97. The van der Waals surface area contributed by atoms with Gasteiger partial charge in [0, 0.05) is 11.5 Å². The molecular weight excluding hydrogens is 386 g/mol. The Morgan fingerprint density at radius 1 is 1.00 bits per heavy atom. The molecule has 0 saturated heterocycles. The number of carbonyl (C=O) groups is 3. The summed E-state index contributed by atoms with van der Waals surface area (Å²) in [6.45, 7) is 10.9. The molecule has 1 aromatic carbocycles. The second-order valence-corrected chi connectivity index (χ2v) is 9.66. The minimum atomic E-state index is -0.641. The molecule has 2 atom stereocenters. The van der Waals surface area contributed by atoms with Crippen LogP contribution in [0.25, 0.3) is 0 Å². The number of fused-ring (bicyclic) bond motifs is 1. The summed E-state index contributed by atoms with van der Waals surface area (Å²) in [7, 11) is 1.56. The van der Waals surface area contributed by atoms with E-state index in [1.54, 1.807) is 60.8 Å². The van der Waals surface area contributed by atoms with Crippen LogP contribution in [0.5, 0.6) is 5.75 Å². The number of ether oxygens (including phenoxy) is 3. The lowest BCUT2D eigenvalue weighted by Gasteiger charge is -2.34. The molecule has 7 heteroatoms. The molecule has 0 aromatic heterocycles. The molecule has 0 saturated carbocycles. The summed E-state index contributed by atoms with van der Waals surface area (Å²) >= 11 is 0. The monoisotopic (exact) mass is 419 g/mol. The molecule has 1 aliphatic heterocycles. The van der Waals surface area contributed by atoms with Gasteiger partial charge in [0.1, 0.15) is 12.4 Å². The van der Waals surface area contributed by atoms with Gasteiger partial charge in [-0.3, -0.25) is 14.4 Å². The van der Waals surface area contributed by atoms with Crippen molar-refractivity contribution < 1.29 is 28.6 Å². The third kappa shape index (κ3) is 5.74. The molecule has 0 unspecified atom stereocenters. The Labute approximate surface area is 178 Å². The van der Waals surface area contributed by atoms with Crippen LogP contribution in [0.1, 0.15) is 69.8 Å². The van der Waals surface area contributed by atoms with E-state index < -0.39 is 16.9 Å². The zero-order valence-electron chi connectivity index (χ0n) is 19.0. The molecule has 1 N–H and O–H groups in total. The molecular formula is C23H33NO6.